The molecule has 1 aliphatic carbocycles. The molecular weight excluding hydrogens is 254 g/mol. The second-order valence-corrected chi connectivity index (χ2v) is 6.55. The first-order valence-electron chi connectivity index (χ1n) is 5.95. The lowest BCUT2D eigenvalue weighted by molar-refractivity contribution is 0.546. The maximum Gasteiger partial charge on any atom is 0.0486 e. The molecule has 0 radical (unpaired) electrons. The molecule has 0 aliphatic heterocycles. The van der Waals surface area contributed by atoms with E-state index in [2.05, 4.69) is 5.32 Å². The number of nitrogens with one attached hydrogen (secondary N) is 1. The summed E-state index contributed by atoms with van der Waals surface area (Å²) in [6, 6.07) is 8.02. The predicted molar refractivity (Wildman–Crippen MR) is 73.7 cm³/mol. The smallest absolute Gasteiger partial charge is 0.0486 e. The highest BCUT2D eigenvalue weighted by Crippen LogP contribution is 2.32. The Morgan fingerprint density at radius 1 is 1.41 bits per heavy atom. The second-order valence-electron chi connectivity index (χ2n) is 4.61. The summed E-state index contributed by atoms with van der Waals surface area (Å²) in [7, 11) is 1.17. The van der Waals surface area contributed by atoms with Crippen molar-refractivity contribution in [3.05, 3.63) is 34.9 Å². The summed E-state index contributed by atoms with van der Waals surface area (Å²) in [4.78, 5) is 0. The van der Waals surface area contributed by atoms with Crippen molar-refractivity contribution in [1.82, 2.24) is 5.32 Å². The third kappa shape index (κ3) is 4.09. The number of hydrogen-bond donors (Lipinski definition) is 1. The van der Waals surface area contributed by atoms with Crippen LogP contribution in [0.25, 0.3) is 0 Å². The molecule has 94 valence electrons. The topological polar surface area (TPSA) is 29.1 Å². The first-order valence-corrected chi connectivity index (χ1v) is 7.82. The van der Waals surface area contributed by atoms with Crippen LogP contribution in [0.15, 0.2) is 24.3 Å². The van der Waals surface area contributed by atoms with Gasteiger partial charge in [0.25, 0.3) is 0 Å². The van der Waals surface area contributed by atoms with Gasteiger partial charge < -0.3 is 5.32 Å². The number of halogens is 1. The quantitative estimate of drug-likeness (QED) is 0.862. The molecule has 4 heteroatoms. The Hall–Kier alpha value is -0.380. The van der Waals surface area contributed by atoms with Crippen LogP contribution in [-0.2, 0) is 16.6 Å². The zero-order chi connectivity index (χ0) is 12.3. The first-order chi connectivity index (χ1) is 8.19. The van der Waals surface area contributed by atoms with Crippen molar-refractivity contribution in [3.63, 3.8) is 0 Å². The Morgan fingerprint density at radius 2 is 2.06 bits per heavy atom. The summed E-state index contributed by atoms with van der Waals surface area (Å²) < 4.78 is 12.0. The normalized spacial score (nSPS) is 18.9. The molecule has 2 nitrogen and oxygen atoms in total. The van der Waals surface area contributed by atoms with Gasteiger partial charge in [0, 0.05) is 33.4 Å². The van der Waals surface area contributed by atoms with E-state index in [9.17, 15) is 4.21 Å². The van der Waals surface area contributed by atoms with Gasteiger partial charge in [0.05, 0.1) is 0 Å². The van der Waals surface area contributed by atoms with E-state index in [1.165, 1.54) is 12.8 Å². The fourth-order valence-corrected chi connectivity index (χ4v) is 3.63. The van der Waals surface area contributed by atoms with Gasteiger partial charge in [-0.25, -0.2) is 0 Å². The largest absolute Gasteiger partial charge is 0.316 e. The monoisotopic (exact) mass is 271 g/mol. The molecule has 0 spiro atoms. The minimum atomic E-state index is -0.794. The van der Waals surface area contributed by atoms with Gasteiger partial charge in [0.15, 0.2) is 0 Å². The zero-order valence-electron chi connectivity index (χ0n) is 9.99. The maximum absolute atomic E-state index is 12.0. The lowest BCUT2D eigenvalue weighted by Gasteiger charge is -2.14. The third-order valence-electron chi connectivity index (χ3n) is 3.17. The molecular formula is C13H18ClNOS. The van der Waals surface area contributed by atoms with E-state index in [0.717, 1.165) is 22.3 Å². The number of rotatable bonds is 6. The molecule has 1 aromatic carbocycles. The second kappa shape index (κ2) is 5.98. The Balaban J connectivity index is 1.85. The average molecular weight is 272 g/mol. The van der Waals surface area contributed by atoms with Crippen molar-refractivity contribution in [2.24, 2.45) is 5.92 Å². The highest BCUT2D eigenvalue weighted by Gasteiger charge is 2.31. The van der Waals surface area contributed by atoms with Crippen LogP contribution in [0.3, 0.4) is 0 Å². The van der Waals surface area contributed by atoms with Crippen LogP contribution in [0.1, 0.15) is 18.4 Å². The molecule has 0 heterocycles. The van der Waals surface area contributed by atoms with Gasteiger partial charge in [-0.2, -0.15) is 0 Å². The molecule has 2 rings (SSSR count). The van der Waals surface area contributed by atoms with E-state index in [1.54, 1.807) is 0 Å². The summed E-state index contributed by atoms with van der Waals surface area (Å²) >= 11 is 5.82. The van der Waals surface area contributed by atoms with Gasteiger partial charge in [0.1, 0.15) is 0 Å². The minimum Gasteiger partial charge on any atom is -0.316 e. The van der Waals surface area contributed by atoms with Crippen molar-refractivity contribution >= 4 is 22.4 Å². The van der Waals surface area contributed by atoms with E-state index >= 15 is 0 Å². The lowest BCUT2D eigenvalue weighted by Crippen LogP contribution is -2.33. The molecule has 17 heavy (non-hydrogen) atoms. The summed E-state index contributed by atoms with van der Waals surface area (Å²) in [5.74, 6) is 2.13. The van der Waals surface area contributed by atoms with Crippen molar-refractivity contribution in [2.45, 2.75) is 24.6 Å². The summed E-state index contributed by atoms with van der Waals surface area (Å²) in [5, 5.41) is 4.00. The fraction of sp³-hybridized carbons (Fsp3) is 0.538. The van der Waals surface area contributed by atoms with Gasteiger partial charge in [-0.15, -0.1) is 0 Å². The van der Waals surface area contributed by atoms with Gasteiger partial charge in [0.2, 0.25) is 0 Å². The molecule has 0 amide bonds. The molecule has 2 atom stereocenters. The van der Waals surface area contributed by atoms with E-state index < -0.39 is 10.8 Å². The highest BCUT2D eigenvalue weighted by atomic mass is 35.5. The molecule has 0 aromatic heterocycles. The van der Waals surface area contributed by atoms with Crippen LogP contribution < -0.4 is 5.32 Å². The lowest BCUT2D eigenvalue weighted by atomic mass is 10.2. The van der Waals surface area contributed by atoms with Crippen LogP contribution >= 0.6 is 11.6 Å². The molecule has 1 fully saturated rings. The standard InChI is InChI=1S/C13H18ClNOS/c1-15-13(11-4-5-11)9-17(16)8-10-2-6-12(14)7-3-10/h2-3,6-7,11,13,15H,4-5,8-9H2,1H3. The average Bonchev–Trinajstić information content (AvgIpc) is 3.13. The van der Waals surface area contributed by atoms with E-state index in [0.29, 0.717) is 11.8 Å². The Labute approximate surface area is 110 Å². The van der Waals surface area contributed by atoms with Crippen LogP contribution in [0.2, 0.25) is 5.02 Å². The van der Waals surface area contributed by atoms with Gasteiger partial charge in [-0.05, 0) is 43.5 Å². The van der Waals surface area contributed by atoms with Gasteiger partial charge >= 0.3 is 0 Å². The van der Waals surface area contributed by atoms with Crippen LogP contribution in [0.4, 0.5) is 0 Å². The number of benzene rings is 1. The Morgan fingerprint density at radius 3 is 2.59 bits per heavy atom. The van der Waals surface area contributed by atoms with Crippen molar-refractivity contribution < 1.29 is 4.21 Å². The van der Waals surface area contributed by atoms with Crippen molar-refractivity contribution in [2.75, 3.05) is 12.8 Å². The van der Waals surface area contributed by atoms with Gasteiger partial charge in [-0.3, -0.25) is 4.21 Å². The minimum absolute atomic E-state index is 0.420. The first kappa shape index (κ1) is 13.1. The predicted octanol–water partition coefficient (Wildman–Crippen LogP) is 2.59. The van der Waals surface area contributed by atoms with Crippen LogP contribution in [-0.4, -0.2) is 23.1 Å². The highest BCUT2D eigenvalue weighted by molar-refractivity contribution is 7.84. The van der Waals surface area contributed by atoms with Crippen molar-refractivity contribution in [1.29, 1.82) is 0 Å². The van der Waals surface area contributed by atoms with Crippen molar-refractivity contribution in [3.8, 4) is 0 Å². The molecule has 1 aromatic rings. The SMILES string of the molecule is CNC(CS(=O)Cc1ccc(Cl)cc1)C1CC1. The Kier molecular flexibility index (Phi) is 4.60. The molecule has 1 saturated carbocycles. The summed E-state index contributed by atoms with van der Waals surface area (Å²) in [5.41, 5.74) is 1.10. The van der Waals surface area contributed by atoms with Crippen LogP contribution in [0, 0.1) is 5.92 Å². The fourth-order valence-electron chi connectivity index (χ4n) is 1.98. The maximum atomic E-state index is 12.0. The van der Waals surface area contributed by atoms with E-state index in [-0.39, 0.29) is 0 Å². The molecule has 2 unspecified atom stereocenters. The molecule has 1 N–H and O–H groups in total. The zero-order valence-corrected chi connectivity index (χ0v) is 11.6. The molecule has 0 saturated heterocycles. The summed E-state index contributed by atoms with van der Waals surface area (Å²) in [6.07, 6.45) is 2.56. The number of hydrogen-bond acceptors (Lipinski definition) is 2. The van der Waals surface area contributed by atoms with Gasteiger partial charge in [-0.1, -0.05) is 23.7 Å². The Bertz CT molecular complexity index is 389. The van der Waals surface area contributed by atoms with E-state index in [1.807, 2.05) is 31.3 Å². The molecule has 0 bridgehead atoms. The van der Waals surface area contributed by atoms with E-state index in [4.69, 9.17) is 11.6 Å². The molecule has 1 aliphatic rings. The summed E-state index contributed by atoms with van der Waals surface area (Å²) in [6.45, 7) is 0. The van der Waals surface area contributed by atoms with Crippen LogP contribution in [0.5, 0.6) is 0 Å². The third-order valence-corrected chi connectivity index (χ3v) is 4.81.